The van der Waals surface area contributed by atoms with Gasteiger partial charge in [-0.2, -0.15) is 5.10 Å². The zero-order valence-electron chi connectivity index (χ0n) is 11.4. The summed E-state index contributed by atoms with van der Waals surface area (Å²) in [6.07, 6.45) is 3.10. The van der Waals surface area contributed by atoms with Crippen LogP contribution in [0.25, 0.3) is 16.9 Å². The fourth-order valence-electron chi connectivity index (χ4n) is 2.12. The summed E-state index contributed by atoms with van der Waals surface area (Å²) in [5.41, 5.74) is 6.80. The summed E-state index contributed by atoms with van der Waals surface area (Å²) in [4.78, 5) is 14.9. The van der Waals surface area contributed by atoms with Crippen LogP contribution in [-0.4, -0.2) is 20.8 Å². The Bertz CT molecular complexity index is 830. The van der Waals surface area contributed by atoms with Gasteiger partial charge in [-0.1, -0.05) is 12.1 Å². The Labute approximate surface area is 125 Å². The van der Waals surface area contributed by atoms with Crippen LogP contribution in [0.2, 0.25) is 0 Å². The molecule has 1 aromatic carbocycles. The molecule has 0 bridgehead atoms. The van der Waals surface area contributed by atoms with E-state index in [0.29, 0.717) is 17.2 Å². The molecule has 0 saturated carbocycles. The van der Waals surface area contributed by atoms with Crippen molar-refractivity contribution in [2.24, 2.45) is 5.73 Å². The SMILES string of the molecule is NC(=O)Nc1cc(-c2ccnn2-c2ccccc2F)ccn1. The van der Waals surface area contributed by atoms with Gasteiger partial charge in [-0.15, -0.1) is 0 Å². The van der Waals surface area contributed by atoms with E-state index in [1.54, 1.807) is 42.6 Å². The third kappa shape index (κ3) is 2.64. The van der Waals surface area contributed by atoms with Crippen LogP contribution in [0, 0.1) is 5.82 Å². The van der Waals surface area contributed by atoms with Gasteiger partial charge in [-0.3, -0.25) is 5.32 Å². The first kappa shape index (κ1) is 13.7. The Balaban J connectivity index is 2.06. The van der Waals surface area contributed by atoms with Gasteiger partial charge in [0.05, 0.1) is 11.9 Å². The lowest BCUT2D eigenvalue weighted by atomic mass is 10.2. The highest BCUT2D eigenvalue weighted by molar-refractivity contribution is 5.87. The van der Waals surface area contributed by atoms with Crippen LogP contribution in [0.5, 0.6) is 0 Å². The molecule has 0 aliphatic heterocycles. The highest BCUT2D eigenvalue weighted by atomic mass is 19.1. The van der Waals surface area contributed by atoms with Crippen molar-refractivity contribution >= 4 is 11.8 Å². The molecule has 0 aliphatic carbocycles. The number of hydrogen-bond donors (Lipinski definition) is 2. The number of benzene rings is 1. The summed E-state index contributed by atoms with van der Waals surface area (Å²) in [6, 6.07) is 10.8. The molecule has 0 saturated heterocycles. The van der Waals surface area contributed by atoms with Crippen molar-refractivity contribution in [3.05, 3.63) is 60.7 Å². The van der Waals surface area contributed by atoms with E-state index in [9.17, 15) is 9.18 Å². The maximum atomic E-state index is 14.0. The third-order valence-corrected chi connectivity index (χ3v) is 3.03. The van der Waals surface area contributed by atoms with Gasteiger partial charge in [-0.05, 0) is 30.3 Å². The van der Waals surface area contributed by atoms with Crippen molar-refractivity contribution in [3.8, 4) is 16.9 Å². The van der Waals surface area contributed by atoms with E-state index < -0.39 is 6.03 Å². The fraction of sp³-hybridized carbons (Fsp3) is 0. The number of nitrogens with zero attached hydrogens (tertiary/aromatic N) is 3. The van der Waals surface area contributed by atoms with Crippen molar-refractivity contribution in [1.82, 2.24) is 14.8 Å². The van der Waals surface area contributed by atoms with Gasteiger partial charge in [0.15, 0.2) is 0 Å². The molecule has 3 N–H and O–H groups in total. The van der Waals surface area contributed by atoms with Gasteiger partial charge in [0, 0.05) is 11.8 Å². The minimum absolute atomic E-state index is 0.311. The standard InChI is InChI=1S/C15H12FN5O/c16-11-3-1-2-4-13(11)21-12(6-8-19-21)10-5-7-18-14(9-10)20-15(17)22/h1-9H,(H3,17,18,20,22). The molecule has 2 heterocycles. The zero-order valence-corrected chi connectivity index (χ0v) is 11.4. The molecular weight excluding hydrogens is 285 g/mol. The number of amides is 2. The number of rotatable bonds is 3. The highest BCUT2D eigenvalue weighted by Gasteiger charge is 2.11. The maximum absolute atomic E-state index is 14.0. The van der Waals surface area contributed by atoms with Crippen LogP contribution in [-0.2, 0) is 0 Å². The van der Waals surface area contributed by atoms with Crippen molar-refractivity contribution < 1.29 is 9.18 Å². The molecule has 0 unspecified atom stereocenters. The topological polar surface area (TPSA) is 85.8 Å². The van der Waals surface area contributed by atoms with E-state index >= 15 is 0 Å². The second-order valence-electron chi connectivity index (χ2n) is 4.50. The number of aromatic nitrogens is 3. The second-order valence-corrected chi connectivity index (χ2v) is 4.50. The first-order valence-corrected chi connectivity index (χ1v) is 6.47. The lowest BCUT2D eigenvalue weighted by Gasteiger charge is -2.09. The summed E-state index contributed by atoms with van der Waals surface area (Å²) in [7, 11) is 0. The molecule has 0 aliphatic rings. The van der Waals surface area contributed by atoms with E-state index in [4.69, 9.17) is 5.73 Å². The Morgan fingerprint density at radius 1 is 1.18 bits per heavy atom. The van der Waals surface area contributed by atoms with E-state index in [0.717, 1.165) is 5.56 Å². The van der Waals surface area contributed by atoms with Crippen molar-refractivity contribution in [2.75, 3.05) is 5.32 Å². The first-order chi connectivity index (χ1) is 10.6. The molecule has 22 heavy (non-hydrogen) atoms. The lowest BCUT2D eigenvalue weighted by molar-refractivity contribution is 0.259. The van der Waals surface area contributed by atoms with Crippen LogP contribution >= 0.6 is 0 Å². The molecule has 110 valence electrons. The monoisotopic (exact) mass is 297 g/mol. The minimum Gasteiger partial charge on any atom is -0.351 e. The largest absolute Gasteiger partial charge is 0.351 e. The van der Waals surface area contributed by atoms with Crippen LogP contribution in [0.4, 0.5) is 15.0 Å². The number of urea groups is 1. The minimum atomic E-state index is -0.702. The van der Waals surface area contributed by atoms with E-state index in [1.165, 1.54) is 16.9 Å². The van der Waals surface area contributed by atoms with Crippen LogP contribution < -0.4 is 11.1 Å². The van der Waals surface area contributed by atoms with Gasteiger partial charge in [0.25, 0.3) is 0 Å². The summed E-state index contributed by atoms with van der Waals surface area (Å²) < 4.78 is 15.4. The smallest absolute Gasteiger partial charge is 0.317 e. The lowest BCUT2D eigenvalue weighted by Crippen LogP contribution is -2.19. The van der Waals surface area contributed by atoms with Gasteiger partial charge < -0.3 is 5.73 Å². The Kier molecular flexibility index (Phi) is 3.53. The van der Waals surface area contributed by atoms with Crippen LogP contribution in [0.1, 0.15) is 0 Å². The summed E-state index contributed by atoms with van der Waals surface area (Å²) >= 11 is 0. The quantitative estimate of drug-likeness (QED) is 0.779. The van der Waals surface area contributed by atoms with Crippen LogP contribution in [0.15, 0.2) is 54.9 Å². The molecule has 2 amide bonds. The molecule has 3 rings (SSSR count). The first-order valence-electron chi connectivity index (χ1n) is 6.47. The number of para-hydroxylation sites is 1. The number of hydrogen-bond acceptors (Lipinski definition) is 3. The number of anilines is 1. The molecule has 0 radical (unpaired) electrons. The van der Waals surface area contributed by atoms with E-state index in [-0.39, 0.29) is 5.82 Å². The normalized spacial score (nSPS) is 10.4. The molecule has 0 spiro atoms. The zero-order chi connectivity index (χ0) is 15.5. The summed E-state index contributed by atoms with van der Waals surface area (Å²) in [5.74, 6) is -0.0664. The number of nitrogens with two attached hydrogens (primary N) is 1. The fourth-order valence-corrected chi connectivity index (χ4v) is 2.12. The van der Waals surface area contributed by atoms with Gasteiger partial charge in [0.2, 0.25) is 0 Å². The Hall–Kier alpha value is -3.22. The molecule has 0 atom stereocenters. The summed E-state index contributed by atoms with van der Waals surface area (Å²) in [5, 5.41) is 6.56. The molecule has 2 aromatic heterocycles. The van der Waals surface area contributed by atoms with Gasteiger partial charge in [-0.25, -0.2) is 18.9 Å². The Morgan fingerprint density at radius 2 is 2.00 bits per heavy atom. The number of carbonyl (C=O) groups excluding carboxylic acids is 1. The number of pyridine rings is 1. The number of carbonyl (C=O) groups is 1. The average molecular weight is 297 g/mol. The Morgan fingerprint density at radius 3 is 2.77 bits per heavy atom. The molecule has 3 aromatic rings. The highest BCUT2D eigenvalue weighted by Crippen LogP contribution is 2.24. The van der Waals surface area contributed by atoms with Gasteiger partial charge in [0.1, 0.15) is 17.3 Å². The van der Waals surface area contributed by atoms with Crippen molar-refractivity contribution in [1.29, 1.82) is 0 Å². The number of halogens is 1. The molecule has 7 heteroatoms. The molecule has 0 fully saturated rings. The predicted octanol–water partition coefficient (Wildman–Crippen LogP) is 2.56. The van der Waals surface area contributed by atoms with Crippen LogP contribution in [0.3, 0.4) is 0 Å². The average Bonchev–Trinajstić information content (AvgIpc) is 2.96. The summed E-state index contributed by atoms with van der Waals surface area (Å²) in [6.45, 7) is 0. The molecule has 6 nitrogen and oxygen atoms in total. The van der Waals surface area contributed by atoms with Crippen molar-refractivity contribution in [3.63, 3.8) is 0 Å². The predicted molar refractivity (Wildman–Crippen MR) is 80.0 cm³/mol. The second kappa shape index (κ2) is 5.65. The van der Waals surface area contributed by atoms with E-state index in [1.807, 2.05) is 0 Å². The van der Waals surface area contributed by atoms with Gasteiger partial charge >= 0.3 is 6.03 Å². The number of nitrogens with one attached hydrogen (secondary N) is 1. The third-order valence-electron chi connectivity index (χ3n) is 3.03. The maximum Gasteiger partial charge on any atom is 0.317 e. The van der Waals surface area contributed by atoms with Crippen molar-refractivity contribution in [2.45, 2.75) is 0 Å². The molecular formula is C15H12FN5O. The number of primary amides is 1. The van der Waals surface area contributed by atoms with E-state index in [2.05, 4.69) is 15.4 Å².